The van der Waals surface area contributed by atoms with Gasteiger partial charge in [0.1, 0.15) is 17.0 Å². The molecule has 2 aromatic rings. The van der Waals surface area contributed by atoms with Gasteiger partial charge >= 0.3 is 6.09 Å². The van der Waals surface area contributed by atoms with E-state index >= 15 is 0 Å². The predicted molar refractivity (Wildman–Crippen MR) is 115 cm³/mol. The zero-order valence-corrected chi connectivity index (χ0v) is 18.0. The minimum Gasteiger partial charge on any atom is -0.494 e. The molecule has 1 amide bonds. The Morgan fingerprint density at radius 1 is 1.14 bits per heavy atom. The van der Waals surface area contributed by atoms with Gasteiger partial charge in [-0.2, -0.15) is 0 Å². The van der Waals surface area contributed by atoms with Crippen molar-refractivity contribution in [3.8, 4) is 5.75 Å². The van der Waals surface area contributed by atoms with Crippen LogP contribution in [0.1, 0.15) is 39.2 Å². The highest BCUT2D eigenvalue weighted by Gasteiger charge is 2.31. The third-order valence-corrected chi connectivity index (χ3v) is 5.03. The number of nitrogens with zero attached hydrogens (tertiary/aromatic N) is 3. The maximum atomic E-state index is 12.4. The Morgan fingerprint density at radius 2 is 1.79 bits per heavy atom. The number of rotatable bonds is 4. The van der Waals surface area contributed by atoms with Crippen LogP contribution < -0.4 is 9.64 Å². The lowest BCUT2D eigenvalue weighted by molar-refractivity contribution is 0.0206. The minimum absolute atomic E-state index is 0.231. The number of methoxy groups -OCH3 is 1. The highest BCUT2D eigenvalue weighted by molar-refractivity contribution is 5.70. The summed E-state index contributed by atoms with van der Waals surface area (Å²) in [7, 11) is 1.68. The predicted octanol–water partition coefficient (Wildman–Crippen LogP) is 4.94. The number of pyridine rings is 1. The largest absolute Gasteiger partial charge is 0.494 e. The molecule has 3 rings (SSSR count). The number of aromatic nitrogens is 1. The van der Waals surface area contributed by atoms with Crippen molar-refractivity contribution in [1.82, 2.24) is 9.88 Å². The third kappa shape index (κ3) is 5.19. The molecular formula is C23H31N3O3. The Kier molecular flexibility index (Phi) is 6.30. The molecule has 0 N–H and O–H groups in total. The second kappa shape index (κ2) is 8.72. The molecule has 0 radical (unpaired) electrons. The standard InChI is InChI=1S/C23H31N3O3/c1-17-6-8-18(9-7-17)26(20-16-24-13-10-21(20)28-5)19-11-14-25(15-12-19)22(27)29-23(2,3)4/h6-10,13,16,19H,11-12,14-15H2,1-5H3. The van der Waals surface area contributed by atoms with Gasteiger partial charge in [0.15, 0.2) is 0 Å². The highest BCUT2D eigenvalue weighted by atomic mass is 16.6. The molecule has 1 aliphatic heterocycles. The van der Waals surface area contributed by atoms with Crippen LogP contribution in [0, 0.1) is 6.92 Å². The molecular weight excluding hydrogens is 366 g/mol. The molecule has 0 atom stereocenters. The van der Waals surface area contributed by atoms with E-state index in [2.05, 4.69) is 41.1 Å². The number of aryl methyl sites for hydroxylation is 1. The van der Waals surface area contributed by atoms with Crippen molar-refractivity contribution in [2.45, 2.75) is 52.2 Å². The number of amides is 1. The molecule has 1 aromatic heterocycles. The Bertz CT molecular complexity index is 822. The van der Waals surface area contributed by atoms with Crippen molar-refractivity contribution >= 4 is 17.5 Å². The summed E-state index contributed by atoms with van der Waals surface area (Å²) in [6.45, 7) is 9.08. The molecule has 0 spiro atoms. The number of carbonyl (C=O) groups is 1. The smallest absolute Gasteiger partial charge is 0.410 e. The van der Waals surface area contributed by atoms with Gasteiger partial charge < -0.3 is 19.3 Å². The number of ether oxygens (including phenoxy) is 2. The Labute approximate surface area is 173 Å². The second-order valence-corrected chi connectivity index (χ2v) is 8.45. The first-order chi connectivity index (χ1) is 13.8. The summed E-state index contributed by atoms with van der Waals surface area (Å²) in [5.41, 5.74) is 2.77. The molecule has 6 nitrogen and oxygen atoms in total. The van der Waals surface area contributed by atoms with Crippen LogP contribution in [0.5, 0.6) is 5.75 Å². The van der Waals surface area contributed by atoms with Gasteiger partial charge in [0.2, 0.25) is 0 Å². The summed E-state index contributed by atoms with van der Waals surface area (Å²) in [4.78, 5) is 20.8. The number of hydrogen-bond acceptors (Lipinski definition) is 5. The SMILES string of the molecule is COc1ccncc1N(c1ccc(C)cc1)C1CCN(C(=O)OC(C)(C)C)CC1. The lowest BCUT2D eigenvalue weighted by Crippen LogP contribution is -2.47. The molecule has 156 valence electrons. The van der Waals surface area contributed by atoms with Crippen molar-refractivity contribution < 1.29 is 14.3 Å². The van der Waals surface area contributed by atoms with E-state index in [1.807, 2.05) is 33.0 Å². The molecule has 1 aliphatic rings. The fourth-order valence-electron chi connectivity index (χ4n) is 3.61. The van der Waals surface area contributed by atoms with Crippen molar-refractivity contribution in [3.05, 3.63) is 48.3 Å². The van der Waals surface area contributed by atoms with Crippen LogP contribution in [0.3, 0.4) is 0 Å². The van der Waals surface area contributed by atoms with E-state index < -0.39 is 5.60 Å². The Morgan fingerprint density at radius 3 is 2.38 bits per heavy atom. The van der Waals surface area contributed by atoms with E-state index in [1.54, 1.807) is 18.2 Å². The maximum Gasteiger partial charge on any atom is 0.410 e. The van der Waals surface area contributed by atoms with Crippen LogP contribution >= 0.6 is 0 Å². The number of anilines is 2. The monoisotopic (exact) mass is 397 g/mol. The lowest BCUT2D eigenvalue weighted by Gasteiger charge is -2.40. The highest BCUT2D eigenvalue weighted by Crippen LogP contribution is 2.37. The molecule has 2 heterocycles. The minimum atomic E-state index is -0.481. The molecule has 0 bridgehead atoms. The Hall–Kier alpha value is -2.76. The summed E-state index contributed by atoms with van der Waals surface area (Å²) < 4.78 is 11.1. The average molecular weight is 398 g/mol. The van der Waals surface area contributed by atoms with E-state index in [-0.39, 0.29) is 12.1 Å². The van der Waals surface area contributed by atoms with Gasteiger partial charge in [-0.1, -0.05) is 17.7 Å². The number of carbonyl (C=O) groups excluding carboxylic acids is 1. The first kappa shape index (κ1) is 21.0. The second-order valence-electron chi connectivity index (χ2n) is 8.45. The average Bonchev–Trinajstić information content (AvgIpc) is 2.69. The van der Waals surface area contributed by atoms with Crippen molar-refractivity contribution in [2.24, 2.45) is 0 Å². The van der Waals surface area contributed by atoms with Crippen LogP contribution in [0.25, 0.3) is 0 Å². The molecule has 0 saturated carbocycles. The van der Waals surface area contributed by atoms with Crippen LogP contribution in [0.2, 0.25) is 0 Å². The summed E-state index contributed by atoms with van der Waals surface area (Å²) in [6, 6.07) is 10.6. The van der Waals surface area contributed by atoms with Crippen molar-refractivity contribution in [3.63, 3.8) is 0 Å². The van der Waals surface area contributed by atoms with Gasteiger partial charge in [0.05, 0.1) is 13.3 Å². The zero-order valence-electron chi connectivity index (χ0n) is 18.0. The fourth-order valence-corrected chi connectivity index (χ4v) is 3.61. The van der Waals surface area contributed by atoms with Crippen molar-refractivity contribution in [2.75, 3.05) is 25.1 Å². The quantitative estimate of drug-likeness (QED) is 0.732. The van der Waals surface area contributed by atoms with E-state index in [9.17, 15) is 4.79 Å². The van der Waals surface area contributed by atoms with Crippen LogP contribution in [0.15, 0.2) is 42.7 Å². The molecule has 1 saturated heterocycles. The summed E-state index contributed by atoms with van der Waals surface area (Å²) in [6.07, 6.45) is 5.02. The number of likely N-dealkylation sites (tertiary alicyclic amines) is 1. The van der Waals surface area contributed by atoms with E-state index in [4.69, 9.17) is 9.47 Å². The summed E-state index contributed by atoms with van der Waals surface area (Å²) >= 11 is 0. The Balaban J connectivity index is 1.83. The topological polar surface area (TPSA) is 54.9 Å². The molecule has 1 fully saturated rings. The summed E-state index contributed by atoms with van der Waals surface area (Å²) in [5, 5.41) is 0. The normalized spacial score (nSPS) is 15.1. The van der Waals surface area contributed by atoms with Gasteiger partial charge in [-0.25, -0.2) is 4.79 Å². The number of hydrogen-bond donors (Lipinski definition) is 0. The molecule has 0 aliphatic carbocycles. The van der Waals surface area contributed by atoms with Gasteiger partial charge in [0.25, 0.3) is 0 Å². The van der Waals surface area contributed by atoms with Crippen molar-refractivity contribution in [1.29, 1.82) is 0 Å². The number of piperidine rings is 1. The molecule has 1 aromatic carbocycles. The zero-order chi connectivity index (χ0) is 21.0. The van der Waals surface area contributed by atoms with E-state index in [0.29, 0.717) is 13.1 Å². The van der Waals surface area contributed by atoms with Gasteiger partial charge in [-0.15, -0.1) is 0 Å². The molecule has 29 heavy (non-hydrogen) atoms. The van der Waals surface area contributed by atoms with Gasteiger partial charge in [-0.05, 0) is 52.7 Å². The van der Waals surface area contributed by atoms with E-state index in [0.717, 1.165) is 30.0 Å². The number of benzene rings is 1. The first-order valence-corrected chi connectivity index (χ1v) is 10.1. The first-order valence-electron chi connectivity index (χ1n) is 10.1. The fraction of sp³-hybridized carbons (Fsp3) is 0.478. The lowest BCUT2D eigenvalue weighted by atomic mass is 10.0. The van der Waals surface area contributed by atoms with Crippen LogP contribution in [-0.2, 0) is 4.74 Å². The van der Waals surface area contributed by atoms with Gasteiger partial charge in [0, 0.05) is 37.1 Å². The van der Waals surface area contributed by atoms with E-state index in [1.165, 1.54) is 5.56 Å². The maximum absolute atomic E-state index is 12.4. The van der Waals surface area contributed by atoms with Crippen LogP contribution in [0.4, 0.5) is 16.2 Å². The molecule has 6 heteroatoms. The van der Waals surface area contributed by atoms with Gasteiger partial charge in [-0.3, -0.25) is 4.98 Å². The summed E-state index contributed by atoms with van der Waals surface area (Å²) in [5.74, 6) is 0.787. The molecule has 0 unspecified atom stereocenters. The third-order valence-electron chi connectivity index (χ3n) is 5.03. The van der Waals surface area contributed by atoms with Crippen LogP contribution in [-0.4, -0.2) is 47.8 Å².